The monoisotopic (exact) mass is 221 g/mol. The van der Waals surface area contributed by atoms with Crippen molar-refractivity contribution in [2.24, 2.45) is 5.73 Å². The van der Waals surface area contributed by atoms with Gasteiger partial charge in [-0.2, -0.15) is 0 Å². The smallest absolute Gasteiger partial charge is 0.164 e. The fraction of sp³-hybridized carbons (Fsp3) is 0.462. The van der Waals surface area contributed by atoms with E-state index in [2.05, 4.69) is 13.8 Å². The molecule has 1 rings (SSSR count). The van der Waals surface area contributed by atoms with Crippen LogP contribution in [0, 0.1) is 0 Å². The minimum absolute atomic E-state index is 0.0881. The third-order valence-electron chi connectivity index (χ3n) is 2.54. The highest BCUT2D eigenvalue weighted by Crippen LogP contribution is 2.30. The van der Waals surface area contributed by atoms with Gasteiger partial charge in [0.15, 0.2) is 5.78 Å². The first kappa shape index (κ1) is 12.7. The van der Waals surface area contributed by atoms with Crippen LogP contribution in [0.4, 0.5) is 0 Å². The fourth-order valence-corrected chi connectivity index (χ4v) is 1.83. The highest BCUT2D eigenvalue weighted by Gasteiger charge is 2.17. The molecule has 0 spiro atoms. The molecule has 0 atom stereocenters. The SMILES string of the molecule is COc1cccc(C(=O)CCN)c1C(C)C. The van der Waals surface area contributed by atoms with Gasteiger partial charge in [0.05, 0.1) is 7.11 Å². The first-order chi connectivity index (χ1) is 7.61. The standard InChI is InChI=1S/C13H19NO2/c1-9(2)13-10(11(15)7-8-14)5-4-6-12(13)16-3/h4-6,9H,7-8,14H2,1-3H3. The van der Waals surface area contributed by atoms with Gasteiger partial charge in [0.2, 0.25) is 0 Å². The summed E-state index contributed by atoms with van der Waals surface area (Å²) in [5.74, 6) is 1.12. The van der Waals surface area contributed by atoms with Crippen LogP contribution in [-0.4, -0.2) is 19.4 Å². The van der Waals surface area contributed by atoms with Gasteiger partial charge in [0.1, 0.15) is 5.75 Å². The van der Waals surface area contributed by atoms with Crippen LogP contribution in [-0.2, 0) is 0 Å². The van der Waals surface area contributed by atoms with E-state index >= 15 is 0 Å². The number of ether oxygens (including phenoxy) is 1. The van der Waals surface area contributed by atoms with Crippen LogP contribution in [0.25, 0.3) is 0 Å². The van der Waals surface area contributed by atoms with E-state index in [-0.39, 0.29) is 11.7 Å². The molecule has 0 fully saturated rings. The summed E-state index contributed by atoms with van der Waals surface area (Å²) in [5, 5.41) is 0. The third kappa shape index (κ3) is 2.61. The summed E-state index contributed by atoms with van der Waals surface area (Å²) in [6, 6.07) is 5.57. The molecule has 0 saturated carbocycles. The summed E-state index contributed by atoms with van der Waals surface area (Å²) in [6.45, 7) is 4.49. The quantitative estimate of drug-likeness (QED) is 0.776. The van der Waals surface area contributed by atoms with Gasteiger partial charge in [-0.25, -0.2) is 0 Å². The van der Waals surface area contributed by atoms with Crippen LogP contribution >= 0.6 is 0 Å². The van der Waals surface area contributed by atoms with Crippen molar-refractivity contribution in [1.82, 2.24) is 0 Å². The molecule has 0 aliphatic carbocycles. The van der Waals surface area contributed by atoms with E-state index in [1.165, 1.54) is 0 Å². The van der Waals surface area contributed by atoms with Crippen molar-refractivity contribution in [3.63, 3.8) is 0 Å². The molecule has 16 heavy (non-hydrogen) atoms. The van der Waals surface area contributed by atoms with E-state index in [1.54, 1.807) is 7.11 Å². The number of carbonyl (C=O) groups excluding carboxylic acids is 1. The molecule has 0 radical (unpaired) electrons. The molecule has 3 nitrogen and oxygen atoms in total. The molecule has 0 saturated heterocycles. The third-order valence-corrected chi connectivity index (χ3v) is 2.54. The fourth-order valence-electron chi connectivity index (χ4n) is 1.83. The summed E-state index contributed by atoms with van der Waals surface area (Å²) >= 11 is 0. The maximum Gasteiger partial charge on any atom is 0.164 e. The van der Waals surface area contributed by atoms with Crippen LogP contribution in [0.15, 0.2) is 18.2 Å². The van der Waals surface area contributed by atoms with Crippen molar-refractivity contribution in [2.75, 3.05) is 13.7 Å². The molecule has 2 N–H and O–H groups in total. The largest absolute Gasteiger partial charge is 0.496 e. The van der Waals surface area contributed by atoms with E-state index in [0.717, 1.165) is 16.9 Å². The summed E-state index contributed by atoms with van der Waals surface area (Å²) < 4.78 is 5.29. The molecule has 0 amide bonds. The maximum atomic E-state index is 11.9. The molecule has 0 unspecified atom stereocenters. The van der Waals surface area contributed by atoms with Gasteiger partial charge in [-0.05, 0) is 18.5 Å². The zero-order chi connectivity index (χ0) is 12.1. The Labute approximate surface area is 96.6 Å². The number of Topliss-reactive ketones (excluding diaryl/α,β-unsaturated/α-hetero) is 1. The van der Waals surface area contributed by atoms with Crippen molar-refractivity contribution in [1.29, 1.82) is 0 Å². The average Bonchev–Trinajstić information content (AvgIpc) is 2.28. The number of carbonyl (C=O) groups is 1. The van der Waals surface area contributed by atoms with Crippen LogP contribution in [0.5, 0.6) is 5.75 Å². The Morgan fingerprint density at radius 2 is 2.12 bits per heavy atom. The Morgan fingerprint density at radius 3 is 2.62 bits per heavy atom. The van der Waals surface area contributed by atoms with Gasteiger partial charge in [-0.3, -0.25) is 4.79 Å². The predicted octanol–water partition coefficient (Wildman–Crippen LogP) is 2.35. The molecule has 0 bridgehead atoms. The van der Waals surface area contributed by atoms with E-state index < -0.39 is 0 Å². The Balaban J connectivity index is 3.22. The van der Waals surface area contributed by atoms with Crippen LogP contribution in [0.1, 0.15) is 42.1 Å². The van der Waals surface area contributed by atoms with Crippen LogP contribution in [0.2, 0.25) is 0 Å². The zero-order valence-electron chi connectivity index (χ0n) is 10.1. The normalized spacial score (nSPS) is 10.6. The highest BCUT2D eigenvalue weighted by atomic mass is 16.5. The highest BCUT2D eigenvalue weighted by molar-refractivity contribution is 5.98. The molecule has 1 aromatic carbocycles. The average molecular weight is 221 g/mol. The first-order valence-electron chi connectivity index (χ1n) is 5.52. The summed E-state index contributed by atoms with van der Waals surface area (Å²) in [6.07, 6.45) is 0.382. The van der Waals surface area contributed by atoms with Gasteiger partial charge in [-0.15, -0.1) is 0 Å². The molecule has 0 aliphatic heterocycles. The maximum absolute atomic E-state index is 11.9. The van der Waals surface area contributed by atoms with Crippen molar-refractivity contribution in [3.05, 3.63) is 29.3 Å². The Bertz CT molecular complexity index is 372. The Hall–Kier alpha value is -1.35. The zero-order valence-corrected chi connectivity index (χ0v) is 10.1. The van der Waals surface area contributed by atoms with E-state index in [1.807, 2.05) is 18.2 Å². The minimum Gasteiger partial charge on any atom is -0.496 e. The minimum atomic E-state index is 0.0881. The molecule has 3 heteroatoms. The second-order valence-electron chi connectivity index (χ2n) is 4.04. The second kappa shape index (κ2) is 5.66. The van der Waals surface area contributed by atoms with Crippen LogP contribution < -0.4 is 10.5 Å². The second-order valence-corrected chi connectivity index (χ2v) is 4.04. The number of ketones is 1. The van der Waals surface area contributed by atoms with Gasteiger partial charge >= 0.3 is 0 Å². The number of rotatable bonds is 5. The van der Waals surface area contributed by atoms with Crippen LogP contribution in [0.3, 0.4) is 0 Å². The molecule has 0 aliphatic rings. The number of nitrogens with two attached hydrogens (primary N) is 1. The Morgan fingerprint density at radius 1 is 1.44 bits per heavy atom. The molecular weight excluding hydrogens is 202 g/mol. The first-order valence-corrected chi connectivity index (χ1v) is 5.52. The number of methoxy groups -OCH3 is 1. The molecule has 0 aromatic heterocycles. The van der Waals surface area contributed by atoms with E-state index in [9.17, 15) is 4.79 Å². The summed E-state index contributed by atoms with van der Waals surface area (Å²) in [7, 11) is 1.62. The lowest BCUT2D eigenvalue weighted by atomic mass is 9.93. The van der Waals surface area contributed by atoms with E-state index in [0.29, 0.717) is 13.0 Å². The topological polar surface area (TPSA) is 52.3 Å². The van der Waals surface area contributed by atoms with E-state index in [4.69, 9.17) is 10.5 Å². The van der Waals surface area contributed by atoms with Crippen molar-refractivity contribution in [2.45, 2.75) is 26.2 Å². The lowest BCUT2D eigenvalue weighted by Gasteiger charge is -2.15. The molecule has 1 aromatic rings. The number of hydrogen-bond acceptors (Lipinski definition) is 3. The van der Waals surface area contributed by atoms with Crippen molar-refractivity contribution < 1.29 is 9.53 Å². The number of hydrogen-bond donors (Lipinski definition) is 1. The molecular formula is C13H19NO2. The van der Waals surface area contributed by atoms with Crippen molar-refractivity contribution >= 4 is 5.78 Å². The van der Waals surface area contributed by atoms with Gasteiger partial charge in [0.25, 0.3) is 0 Å². The molecule has 0 heterocycles. The lowest BCUT2D eigenvalue weighted by Crippen LogP contribution is -2.11. The van der Waals surface area contributed by atoms with Gasteiger partial charge in [-0.1, -0.05) is 26.0 Å². The van der Waals surface area contributed by atoms with Gasteiger partial charge < -0.3 is 10.5 Å². The predicted molar refractivity (Wildman–Crippen MR) is 65.1 cm³/mol. The van der Waals surface area contributed by atoms with Crippen molar-refractivity contribution in [3.8, 4) is 5.75 Å². The molecule has 88 valence electrons. The Kier molecular flexibility index (Phi) is 4.50. The van der Waals surface area contributed by atoms with Gasteiger partial charge in [0, 0.05) is 17.5 Å². The lowest BCUT2D eigenvalue weighted by molar-refractivity contribution is 0.0983. The summed E-state index contributed by atoms with van der Waals surface area (Å²) in [4.78, 5) is 11.9. The summed E-state index contributed by atoms with van der Waals surface area (Å²) in [5.41, 5.74) is 7.12. The number of benzene rings is 1.